The molecule has 4 heteroatoms. The first-order valence-electron chi connectivity index (χ1n) is 6.37. The van der Waals surface area contributed by atoms with Gasteiger partial charge < -0.3 is 10.2 Å². The summed E-state index contributed by atoms with van der Waals surface area (Å²) >= 11 is 4.92. The maximum absolute atomic E-state index is 11.4. The fraction of sp³-hybridized carbons (Fsp3) is 0.692. The molecule has 1 aromatic rings. The average molecular weight is 254 g/mol. The van der Waals surface area contributed by atoms with Crippen molar-refractivity contribution in [3.05, 3.63) is 20.3 Å². The summed E-state index contributed by atoms with van der Waals surface area (Å²) < 4.78 is 0.494. The zero-order valence-corrected chi connectivity index (χ0v) is 11.8. The lowest BCUT2D eigenvalue weighted by Crippen LogP contribution is -2.27. The van der Waals surface area contributed by atoms with E-state index in [0.717, 1.165) is 43.9 Å². The van der Waals surface area contributed by atoms with Gasteiger partial charge in [-0.05, 0) is 45.0 Å². The Balaban J connectivity index is 2.25. The first-order valence-corrected chi connectivity index (χ1v) is 6.78. The highest BCUT2D eigenvalue weighted by Crippen LogP contribution is 2.13. The lowest BCUT2D eigenvalue weighted by atomic mass is 10.1. The van der Waals surface area contributed by atoms with Crippen LogP contribution in [0.25, 0.3) is 0 Å². The molecule has 0 saturated heterocycles. The molecule has 1 aromatic carbocycles. The van der Waals surface area contributed by atoms with Crippen molar-refractivity contribution in [3.63, 3.8) is 0 Å². The third-order valence-corrected chi connectivity index (χ3v) is 3.58. The SMILES string of the molecule is CCCN(CC)CCCNc1c(C)c(=S)c1=O. The highest BCUT2D eigenvalue weighted by atomic mass is 32.1. The van der Waals surface area contributed by atoms with E-state index in [1.165, 1.54) is 6.42 Å². The zero-order valence-electron chi connectivity index (χ0n) is 11.0. The van der Waals surface area contributed by atoms with Crippen LogP contribution in [0.5, 0.6) is 0 Å². The van der Waals surface area contributed by atoms with Gasteiger partial charge in [-0.25, -0.2) is 0 Å². The van der Waals surface area contributed by atoms with Crippen molar-refractivity contribution in [2.24, 2.45) is 0 Å². The molecule has 0 radical (unpaired) electrons. The second kappa shape index (κ2) is 6.87. The molecule has 0 amide bonds. The Hall–Kier alpha value is -0.740. The zero-order chi connectivity index (χ0) is 12.8. The van der Waals surface area contributed by atoms with Gasteiger partial charge in [0.15, 0.2) is 0 Å². The first-order chi connectivity index (χ1) is 8.11. The molecule has 0 aromatic heterocycles. The number of anilines is 1. The summed E-state index contributed by atoms with van der Waals surface area (Å²) in [4.78, 5) is 13.8. The molecule has 1 N–H and O–H groups in total. The summed E-state index contributed by atoms with van der Waals surface area (Å²) in [5, 5.41) is 3.19. The van der Waals surface area contributed by atoms with Crippen molar-refractivity contribution in [1.82, 2.24) is 4.90 Å². The summed E-state index contributed by atoms with van der Waals surface area (Å²) in [6.45, 7) is 10.5. The van der Waals surface area contributed by atoms with Gasteiger partial charge in [0, 0.05) is 6.54 Å². The molecule has 0 aliphatic carbocycles. The summed E-state index contributed by atoms with van der Waals surface area (Å²) in [7, 11) is 0. The molecule has 0 aliphatic heterocycles. The standard InChI is InChI=1S/C13H22N2OS/c1-4-8-15(5-2)9-6-7-14-11-10(3)13(17)12(11)16/h14H,4-9H2,1-3H3. The van der Waals surface area contributed by atoms with Crippen LogP contribution in [0.4, 0.5) is 5.69 Å². The van der Waals surface area contributed by atoms with Gasteiger partial charge in [-0.3, -0.25) is 4.79 Å². The van der Waals surface area contributed by atoms with E-state index >= 15 is 0 Å². The second-order valence-electron chi connectivity index (χ2n) is 4.37. The van der Waals surface area contributed by atoms with E-state index in [1.807, 2.05) is 6.92 Å². The van der Waals surface area contributed by atoms with Crippen molar-refractivity contribution in [2.45, 2.75) is 33.6 Å². The number of rotatable bonds is 8. The molecule has 0 saturated carbocycles. The smallest absolute Gasteiger partial charge is 0.220 e. The molecule has 0 fully saturated rings. The molecular formula is C13H22N2OS. The van der Waals surface area contributed by atoms with E-state index in [9.17, 15) is 4.79 Å². The van der Waals surface area contributed by atoms with Gasteiger partial charge in [0.25, 0.3) is 0 Å². The van der Waals surface area contributed by atoms with E-state index < -0.39 is 0 Å². The largest absolute Gasteiger partial charge is 0.382 e. The molecule has 17 heavy (non-hydrogen) atoms. The number of nitrogens with zero attached hydrogens (tertiary/aromatic N) is 1. The number of hydrogen-bond donors (Lipinski definition) is 1. The van der Waals surface area contributed by atoms with Gasteiger partial charge in [-0.15, -0.1) is 0 Å². The molecule has 0 atom stereocenters. The molecule has 0 unspecified atom stereocenters. The van der Waals surface area contributed by atoms with Gasteiger partial charge in [-0.1, -0.05) is 26.1 Å². The number of hydrogen-bond acceptors (Lipinski definition) is 4. The van der Waals surface area contributed by atoms with Crippen LogP contribution in [0, 0.1) is 11.4 Å². The van der Waals surface area contributed by atoms with E-state index in [2.05, 4.69) is 24.1 Å². The predicted octanol–water partition coefficient (Wildman–Crippen LogP) is 2.49. The molecule has 1 rings (SSSR count). The van der Waals surface area contributed by atoms with Crippen molar-refractivity contribution in [2.75, 3.05) is 31.5 Å². The van der Waals surface area contributed by atoms with Crippen LogP contribution < -0.4 is 10.7 Å². The summed E-state index contributed by atoms with van der Waals surface area (Å²) in [6.07, 6.45) is 2.25. The molecule has 3 nitrogen and oxygen atoms in total. The van der Waals surface area contributed by atoms with Gasteiger partial charge in [0.05, 0.1) is 10.2 Å². The Bertz CT molecular complexity index is 421. The molecule has 0 bridgehead atoms. The molecule has 0 aliphatic rings. The normalized spacial score (nSPS) is 11.3. The summed E-state index contributed by atoms with van der Waals surface area (Å²) in [5.41, 5.74) is 1.69. The monoisotopic (exact) mass is 254 g/mol. The molecular weight excluding hydrogens is 232 g/mol. The van der Waals surface area contributed by atoms with Gasteiger partial charge in [0.2, 0.25) is 5.43 Å². The maximum Gasteiger partial charge on any atom is 0.220 e. The van der Waals surface area contributed by atoms with Crippen LogP contribution in [0.2, 0.25) is 0 Å². The van der Waals surface area contributed by atoms with Gasteiger partial charge in [-0.2, -0.15) is 0 Å². The third-order valence-electron chi connectivity index (χ3n) is 3.09. The summed E-state index contributed by atoms with van der Waals surface area (Å²) in [6, 6.07) is 0. The van der Waals surface area contributed by atoms with Crippen LogP contribution in [-0.4, -0.2) is 31.1 Å². The highest BCUT2D eigenvalue weighted by Gasteiger charge is 2.12. The third kappa shape index (κ3) is 3.61. The predicted molar refractivity (Wildman–Crippen MR) is 76.2 cm³/mol. The van der Waals surface area contributed by atoms with Crippen LogP contribution in [0.1, 0.15) is 32.3 Å². The van der Waals surface area contributed by atoms with Crippen LogP contribution in [-0.2, 0) is 0 Å². The van der Waals surface area contributed by atoms with Crippen LogP contribution in [0.15, 0.2) is 4.79 Å². The Kier molecular flexibility index (Phi) is 5.78. The fourth-order valence-electron chi connectivity index (χ4n) is 1.98. The Morgan fingerprint density at radius 1 is 1.29 bits per heavy atom. The van der Waals surface area contributed by atoms with Gasteiger partial charge in [0.1, 0.15) is 0 Å². The minimum absolute atomic E-state index is 0.0124. The number of nitrogens with one attached hydrogen (secondary N) is 1. The van der Waals surface area contributed by atoms with E-state index in [0.29, 0.717) is 4.51 Å². The van der Waals surface area contributed by atoms with E-state index in [1.54, 1.807) is 0 Å². The van der Waals surface area contributed by atoms with Crippen molar-refractivity contribution < 1.29 is 0 Å². The lowest BCUT2D eigenvalue weighted by Gasteiger charge is -2.19. The lowest BCUT2D eigenvalue weighted by molar-refractivity contribution is 0.288. The van der Waals surface area contributed by atoms with Crippen molar-refractivity contribution in [1.29, 1.82) is 0 Å². The topological polar surface area (TPSA) is 32.3 Å². The maximum atomic E-state index is 11.4. The molecule has 0 spiro atoms. The Morgan fingerprint density at radius 3 is 2.53 bits per heavy atom. The van der Waals surface area contributed by atoms with E-state index in [4.69, 9.17) is 12.2 Å². The highest BCUT2D eigenvalue weighted by molar-refractivity contribution is 7.71. The average Bonchev–Trinajstić information content (AvgIpc) is 2.36. The van der Waals surface area contributed by atoms with Gasteiger partial charge >= 0.3 is 0 Å². The van der Waals surface area contributed by atoms with Crippen LogP contribution in [0.3, 0.4) is 0 Å². The minimum atomic E-state index is 0.0124. The minimum Gasteiger partial charge on any atom is -0.382 e. The second-order valence-corrected chi connectivity index (χ2v) is 4.78. The Labute approximate surface area is 109 Å². The van der Waals surface area contributed by atoms with Crippen molar-refractivity contribution in [3.8, 4) is 0 Å². The van der Waals surface area contributed by atoms with Crippen LogP contribution >= 0.6 is 12.2 Å². The Morgan fingerprint density at radius 2 is 2.00 bits per heavy atom. The molecule has 0 heterocycles. The molecule has 96 valence electrons. The fourth-order valence-corrected chi connectivity index (χ4v) is 2.18. The van der Waals surface area contributed by atoms with E-state index in [-0.39, 0.29) is 5.43 Å². The van der Waals surface area contributed by atoms with Crippen molar-refractivity contribution >= 4 is 17.9 Å². The summed E-state index contributed by atoms with van der Waals surface area (Å²) in [5.74, 6) is 0. The quantitative estimate of drug-likeness (QED) is 0.570. The first kappa shape index (κ1) is 14.3.